The molecule has 2 N–H and O–H groups in total. The van der Waals surface area contributed by atoms with E-state index < -0.39 is 20.9 Å². The average Bonchev–Trinajstić information content (AvgIpc) is 2.79. The van der Waals surface area contributed by atoms with Crippen LogP contribution in [0.25, 0.3) is 0 Å². The number of sulfonamides is 1. The molecular formula is C21H19N3O7S. The molecule has 0 aliphatic carbocycles. The fourth-order valence-corrected chi connectivity index (χ4v) is 3.89. The number of nitrogens with zero attached hydrogens (tertiary/aromatic N) is 1. The summed E-state index contributed by atoms with van der Waals surface area (Å²) in [5.74, 6) is 0.0125. The summed E-state index contributed by atoms with van der Waals surface area (Å²) < 4.78 is 37.9. The van der Waals surface area contributed by atoms with Crippen molar-refractivity contribution in [1.82, 2.24) is 0 Å². The number of nitrogens with one attached hydrogen (secondary N) is 2. The van der Waals surface area contributed by atoms with E-state index in [1.54, 1.807) is 12.1 Å². The van der Waals surface area contributed by atoms with Crippen LogP contribution in [0.3, 0.4) is 0 Å². The van der Waals surface area contributed by atoms with E-state index in [2.05, 4.69) is 10.0 Å². The van der Waals surface area contributed by atoms with Gasteiger partial charge in [0.25, 0.3) is 21.6 Å². The number of hydrogen-bond donors (Lipinski definition) is 2. The third kappa shape index (κ3) is 4.95. The summed E-state index contributed by atoms with van der Waals surface area (Å²) >= 11 is 0. The summed E-state index contributed by atoms with van der Waals surface area (Å²) in [5, 5.41) is 13.8. The summed E-state index contributed by atoms with van der Waals surface area (Å²) in [6.07, 6.45) is 0. The fourth-order valence-electron chi connectivity index (χ4n) is 2.81. The number of para-hydroxylation sites is 1. The van der Waals surface area contributed by atoms with Crippen LogP contribution in [0.15, 0.2) is 71.6 Å². The number of ether oxygens (including phenoxy) is 2. The first-order valence-electron chi connectivity index (χ1n) is 9.15. The van der Waals surface area contributed by atoms with Crippen LogP contribution >= 0.6 is 0 Å². The van der Waals surface area contributed by atoms with Gasteiger partial charge in [0.2, 0.25) is 0 Å². The van der Waals surface area contributed by atoms with Gasteiger partial charge in [-0.15, -0.1) is 0 Å². The van der Waals surface area contributed by atoms with Gasteiger partial charge in [-0.25, -0.2) is 8.42 Å². The van der Waals surface area contributed by atoms with Crippen LogP contribution in [0.4, 0.5) is 17.1 Å². The second-order valence-corrected chi connectivity index (χ2v) is 8.10. The monoisotopic (exact) mass is 457 g/mol. The lowest BCUT2D eigenvalue weighted by Crippen LogP contribution is -2.19. The highest BCUT2D eigenvalue weighted by molar-refractivity contribution is 7.92. The third-order valence-electron chi connectivity index (χ3n) is 4.44. The normalized spacial score (nSPS) is 10.8. The summed E-state index contributed by atoms with van der Waals surface area (Å²) in [6, 6.07) is 15.6. The number of anilines is 2. The minimum Gasteiger partial charge on any atom is -0.497 e. The highest BCUT2D eigenvalue weighted by atomic mass is 32.2. The molecule has 0 bridgehead atoms. The van der Waals surface area contributed by atoms with Crippen molar-refractivity contribution in [2.24, 2.45) is 0 Å². The molecule has 0 saturated carbocycles. The third-order valence-corrected chi connectivity index (χ3v) is 5.82. The molecule has 0 atom stereocenters. The molecule has 0 aliphatic heterocycles. The van der Waals surface area contributed by atoms with Crippen molar-refractivity contribution in [1.29, 1.82) is 0 Å². The Bertz CT molecular complexity index is 1260. The summed E-state index contributed by atoms with van der Waals surface area (Å²) in [5.41, 5.74) is -0.436. The van der Waals surface area contributed by atoms with Gasteiger partial charge < -0.3 is 14.8 Å². The zero-order chi connectivity index (χ0) is 23.3. The number of rotatable bonds is 8. The molecule has 10 nitrogen and oxygen atoms in total. The van der Waals surface area contributed by atoms with E-state index in [1.807, 2.05) is 0 Å². The number of amides is 1. The van der Waals surface area contributed by atoms with Gasteiger partial charge in [-0.05, 0) is 48.5 Å². The fraction of sp³-hybridized carbons (Fsp3) is 0.0952. The Morgan fingerprint density at radius 2 is 1.53 bits per heavy atom. The van der Waals surface area contributed by atoms with E-state index in [0.717, 1.165) is 0 Å². The van der Waals surface area contributed by atoms with Gasteiger partial charge in [0, 0.05) is 0 Å². The lowest BCUT2D eigenvalue weighted by Gasteiger charge is -2.13. The molecule has 0 fully saturated rings. The van der Waals surface area contributed by atoms with Crippen LogP contribution in [0.1, 0.15) is 10.4 Å². The molecule has 3 rings (SSSR count). The number of methoxy groups -OCH3 is 2. The molecule has 0 aromatic heterocycles. The molecule has 0 spiro atoms. The zero-order valence-corrected chi connectivity index (χ0v) is 17.9. The molecule has 0 radical (unpaired) electrons. The minimum atomic E-state index is -4.01. The summed E-state index contributed by atoms with van der Waals surface area (Å²) in [4.78, 5) is 23.5. The Labute approximate surface area is 184 Å². The first kappa shape index (κ1) is 22.6. The average molecular weight is 457 g/mol. The zero-order valence-electron chi connectivity index (χ0n) is 17.1. The standard InChI is InChI=1S/C21H19N3O7S/c1-30-14-7-10-16(11-8-14)32(28,29)23-18-6-4-3-5-17(18)21(25)22-19-12-9-15(31-2)13-20(19)24(26)27/h3-13,23H,1-2H3,(H,22,25). The molecule has 166 valence electrons. The topological polar surface area (TPSA) is 137 Å². The minimum absolute atomic E-state index is 0.0111. The smallest absolute Gasteiger partial charge is 0.296 e. The molecular weight excluding hydrogens is 438 g/mol. The molecule has 11 heteroatoms. The lowest BCUT2D eigenvalue weighted by molar-refractivity contribution is -0.384. The molecule has 0 unspecified atom stereocenters. The molecule has 1 amide bonds. The van der Waals surface area contributed by atoms with Crippen molar-refractivity contribution in [2.45, 2.75) is 4.90 Å². The maximum Gasteiger partial charge on any atom is 0.296 e. The van der Waals surface area contributed by atoms with Gasteiger partial charge in [-0.2, -0.15) is 0 Å². The summed E-state index contributed by atoms with van der Waals surface area (Å²) in [6.45, 7) is 0. The van der Waals surface area contributed by atoms with Crippen molar-refractivity contribution in [3.05, 3.63) is 82.4 Å². The van der Waals surface area contributed by atoms with Crippen molar-refractivity contribution in [2.75, 3.05) is 24.3 Å². The van der Waals surface area contributed by atoms with Gasteiger partial charge >= 0.3 is 0 Å². The molecule has 32 heavy (non-hydrogen) atoms. The van der Waals surface area contributed by atoms with E-state index in [4.69, 9.17) is 9.47 Å². The first-order valence-corrected chi connectivity index (χ1v) is 10.6. The predicted octanol–water partition coefficient (Wildman–Crippen LogP) is 3.67. The highest BCUT2D eigenvalue weighted by Gasteiger charge is 2.22. The number of nitro groups is 1. The van der Waals surface area contributed by atoms with E-state index >= 15 is 0 Å². The number of carbonyl (C=O) groups is 1. The highest BCUT2D eigenvalue weighted by Crippen LogP contribution is 2.30. The van der Waals surface area contributed by atoms with Gasteiger partial charge in [-0.1, -0.05) is 12.1 Å². The van der Waals surface area contributed by atoms with Gasteiger partial charge in [0.15, 0.2) is 0 Å². The van der Waals surface area contributed by atoms with E-state index in [-0.39, 0.29) is 33.3 Å². The number of hydrogen-bond acceptors (Lipinski definition) is 7. The van der Waals surface area contributed by atoms with Crippen molar-refractivity contribution >= 4 is 33.0 Å². The Kier molecular flexibility index (Phi) is 6.59. The molecule has 0 heterocycles. The van der Waals surface area contributed by atoms with E-state index in [1.165, 1.54) is 68.8 Å². The predicted molar refractivity (Wildman–Crippen MR) is 118 cm³/mol. The maximum absolute atomic E-state index is 12.9. The Morgan fingerprint density at radius 1 is 0.906 bits per heavy atom. The summed E-state index contributed by atoms with van der Waals surface area (Å²) in [7, 11) is -1.18. The first-order chi connectivity index (χ1) is 15.2. The van der Waals surface area contributed by atoms with Crippen molar-refractivity contribution < 1.29 is 27.6 Å². The van der Waals surface area contributed by atoms with Crippen LogP contribution in [0.2, 0.25) is 0 Å². The second-order valence-electron chi connectivity index (χ2n) is 6.42. The maximum atomic E-state index is 12.9. The Morgan fingerprint density at radius 3 is 2.16 bits per heavy atom. The van der Waals surface area contributed by atoms with Crippen LogP contribution in [-0.2, 0) is 10.0 Å². The van der Waals surface area contributed by atoms with Crippen molar-refractivity contribution in [3.8, 4) is 11.5 Å². The number of carbonyl (C=O) groups excluding carboxylic acids is 1. The Hall–Kier alpha value is -4.12. The molecule has 0 aliphatic rings. The Balaban J connectivity index is 1.89. The van der Waals surface area contributed by atoms with Gasteiger partial charge in [-0.3, -0.25) is 19.6 Å². The quantitative estimate of drug-likeness (QED) is 0.389. The van der Waals surface area contributed by atoms with E-state index in [0.29, 0.717) is 5.75 Å². The largest absolute Gasteiger partial charge is 0.497 e. The second kappa shape index (κ2) is 9.35. The molecule has 0 saturated heterocycles. The molecule has 3 aromatic carbocycles. The number of nitro benzene ring substituents is 1. The van der Waals surface area contributed by atoms with E-state index in [9.17, 15) is 23.3 Å². The van der Waals surface area contributed by atoms with Crippen LogP contribution in [0.5, 0.6) is 11.5 Å². The van der Waals surface area contributed by atoms with Crippen LogP contribution in [-0.4, -0.2) is 33.5 Å². The van der Waals surface area contributed by atoms with Crippen molar-refractivity contribution in [3.63, 3.8) is 0 Å². The lowest BCUT2D eigenvalue weighted by atomic mass is 10.1. The van der Waals surface area contributed by atoms with Gasteiger partial charge in [0.1, 0.15) is 17.2 Å². The van der Waals surface area contributed by atoms with Crippen LogP contribution < -0.4 is 19.5 Å². The SMILES string of the molecule is COc1ccc(S(=O)(=O)Nc2ccccc2C(=O)Nc2ccc(OC)cc2[N+](=O)[O-])cc1. The molecule has 3 aromatic rings. The van der Waals surface area contributed by atoms with Gasteiger partial charge in [0.05, 0.1) is 41.4 Å². The van der Waals surface area contributed by atoms with Crippen LogP contribution in [0, 0.1) is 10.1 Å². The number of benzene rings is 3.